The molecule has 0 aromatic heterocycles. The van der Waals surface area contributed by atoms with Crippen LogP contribution in [0.3, 0.4) is 0 Å². The van der Waals surface area contributed by atoms with Gasteiger partial charge in [-0.1, -0.05) is 41.9 Å². The zero-order valence-corrected chi connectivity index (χ0v) is 19.3. The van der Waals surface area contributed by atoms with Crippen molar-refractivity contribution in [2.45, 2.75) is 44.6 Å². The molecule has 1 unspecified atom stereocenters. The molecule has 3 amide bonds. The summed E-state index contributed by atoms with van der Waals surface area (Å²) in [5.74, 6) is 0.379. The number of hydrogen-bond acceptors (Lipinski definition) is 2. The lowest BCUT2D eigenvalue weighted by Crippen LogP contribution is -2.48. The molecule has 2 fully saturated rings. The molecular weight excluding hydrogens is 422 g/mol. The van der Waals surface area contributed by atoms with Crippen LogP contribution in [0.4, 0.5) is 4.79 Å². The molecular formula is C26H32ClN3O2. The molecule has 170 valence electrons. The highest BCUT2D eigenvalue weighted by molar-refractivity contribution is 6.30. The van der Waals surface area contributed by atoms with E-state index in [4.69, 9.17) is 11.6 Å². The third-order valence-electron chi connectivity index (χ3n) is 6.69. The molecule has 0 aliphatic carbocycles. The third-order valence-corrected chi connectivity index (χ3v) is 6.95. The van der Waals surface area contributed by atoms with Crippen LogP contribution in [0, 0.1) is 5.92 Å². The second-order valence-corrected chi connectivity index (χ2v) is 9.38. The van der Waals surface area contributed by atoms with Crippen LogP contribution >= 0.6 is 11.6 Å². The van der Waals surface area contributed by atoms with Gasteiger partial charge in [0, 0.05) is 36.8 Å². The highest BCUT2D eigenvalue weighted by Gasteiger charge is 2.29. The smallest absolute Gasteiger partial charge is 0.319 e. The Morgan fingerprint density at radius 3 is 2.16 bits per heavy atom. The molecule has 1 N–H and O–H groups in total. The molecule has 4 rings (SSSR count). The largest absolute Gasteiger partial charge is 0.345 e. The maximum atomic E-state index is 12.9. The Kier molecular flexibility index (Phi) is 7.69. The molecule has 2 aromatic rings. The summed E-state index contributed by atoms with van der Waals surface area (Å²) in [4.78, 5) is 29.7. The van der Waals surface area contributed by atoms with Crippen molar-refractivity contribution in [3.63, 3.8) is 0 Å². The van der Waals surface area contributed by atoms with E-state index in [1.165, 1.54) is 6.42 Å². The minimum Gasteiger partial charge on any atom is -0.345 e. The van der Waals surface area contributed by atoms with E-state index in [0.717, 1.165) is 63.8 Å². The average molecular weight is 454 g/mol. The van der Waals surface area contributed by atoms with Gasteiger partial charge in [-0.15, -0.1) is 0 Å². The molecule has 5 nitrogen and oxygen atoms in total. The molecule has 0 radical (unpaired) electrons. The van der Waals surface area contributed by atoms with Gasteiger partial charge in [-0.2, -0.15) is 0 Å². The number of carbonyl (C=O) groups excluding carboxylic acids is 2. The van der Waals surface area contributed by atoms with Crippen LogP contribution in [0.15, 0.2) is 54.6 Å². The highest BCUT2D eigenvalue weighted by atomic mass is 35.5. The average Bonchev–Trinajstić information content (AvgIpc) is 2.85. The third kappa shape index (κ3) is 5.83. The second-order valence-electron chi connectivity index (χ2n) is 8.94. The lowest BCUT2D eigenvalue weighted by Gasteiger charge is -2.38. The lowest BCUT2D eigenvalue weighted by atomic mass is 9.87. The number of benzene rings is 2. The summed E-state index contributed by atoms with van der Waals surface area (Å²) in [6, 6.07) is 17.3. The molecule has 2 aliphatic heterocycles. The van der Waals surface area contributed by atoms with Crippen LogP contribution in [-0.2, 0) is 0 Å². The summed E-state index contributed by atoms with van der Waals surface area (Å²) in [5, 5.41) is 3.85. The maximum Gasteiger partial charge on any atom is 0.319 e. The van der Waals surface area contributed by atoms with E-state index in [-0.39, 0.29) is 18.0 Å². The second kappa shape index (κ2) is 10.9. The molecule has 2 heterocycles. The summed E-state index contributed by atoms with van der Waals surface area (Å²) in [5.41, 5.74) is 1.72. The molecule has 0 saturated carbocycles. The summed E-state index contributed by atoms with van der Waals surface area (Å²) in [7, 11) is 0. The lowest BCUT2D eigenvalue weighted by molar-refractivity contribution is 0.0922. The first-order valence-corrected chi connectivity index (χ1v) is 12.1. The van der Waals surface area contributed by atoms with E-state index < -0.39 is 0 Å². The Bertz CT molecular complexity index is 889. The number of piperidine rings is 2. The van der Waals surface area contributed by atoms with Crippen LogP contribution < -0.4 is 5.32 Å². The first-order valence-electron chi connectivity index (χ1n) is 11.8. The molecule has 2 aliphatic rings. The Balaban J connectivity index is 1.37. The molecule has 1 atom stereocenters. The van der Waals surface area contributed by atoms with E-state index in [0.29, 0.717) is 16.5 Å². The Labute approximate surface area is 195 Å². The first kappa shape index (κ1) is 22.7. The number of nitrogens with zero attached hydrogens (tertiary/aromatic N) is 2. The van der Waals surface area contributed by atoms with Gasteiger partial charge in [0.15, 0.2) is 0 Å². The van der Waals surface area contributed by atoms with Gasteiger partial charge in [0.1, 0.15) is 0 Å². The molecule has 0 bridgehead atoms. The van der Waals surface area contributed by atoms with E-state index in [2.05, 4.69) is 17.4 Å². The number of urea groups is 1. The molecule has 2 aromatic carbocycles. The predicted molar refractivity (Wildman–Crippen MR) is 128 cm³/mol. The quantitative estimate of drug-likeness (QED) is 0.648. The van der Waals surface area contributed by atoms with Gasteiger partial charge in [0.25, 0.3) is 5.91 Å². The van der Waals surface area contributed by atoms with Crippen molar-refractivity contribution in [2.75, 3.05) is 26.2 Å². The predicted octanol–water partition coefficient (Wildman–Crippen LogP) is 5.52. The van der Waals surface area contributed by atoms with Crippen molar-refractivity contribution < 1.29 is 9.59 Å². The van der Waals surface area contributed by atoms with Crippen molar-refractivity contribution in [3.05, 3.63) is 70.7 Å². The van der Waals surface area contributed by atoms with Crippen molar-refractivity contribution >= 4 is 23.5 Å². The van der Waals surface area contributed by atoms with Gasteiger partial charge in [-0.25, -0.2) is 4.79 Å². The Hall–Kier alpha value is -2.53. The first-order chi connectivity index (χ1) is 15.6. The van der Waals surface area contributed by atoms with Crippen LogP contribution in [0.1, 0.15) is 60.5 Å². The highest BCUT2D eigenvalue weighted by Crippen LogP contribution is 2.29. The number of carbonyl (C=O) groups is 2. The summed E-state index contributed by atoms with van der Waals surface area (Å²) >= 11 is 5.97. The normalized spacial score (nSPS) is 18.3. The molecule has 2 saturated heterocycles. The van der Waals surface area contributed by atoms with Gasteiger partial charge >= 0.3 is 6.03 Å². The van der Waals surface area contributed by atoms with Crippen molar-refractivity contribution in [2.24, 2.45) is 5.92 Å². The Morgan fingerprint density at radius 2 is 1.50 bits per heavy atom. The van der Waals surface area contributed by atoms with Gasteiger partial charge in [-0.3, -0.25) is 4.79 Å². The molecule has 32 heavy (non-hydrogen) atoms. The fourth-order valence-corrected chi connectivity index (χ4v) is 4.91. The summed E-state index contributed by atoms with van der Waals surface area (Å²) in [6.45, 7) is 3.39. The van der Waals surface area contributed by atoms with Gasteiger partial charge in [-0.05, 0) is 74.3 Å². The van der Waals surface area contributed by atoms with Gasteiger partial charge in [0.05, 0.1) is 6.04 Å². The number of rotatable bonds is 5. The van der Waals surface area contributed by atoms with E-state index >= 15 is 0 Å². The number of likely N-dealkylation sites (tertiary alicyclic amines) is 2. The fraction of sp³-hybridized carbons (Fsp3) is 0.462. The SMILES string of the molecule is O=C(NC(CC1CCN(C(=O)N2CCCCC2)CC1)c1ccccc1)c1ccc(Cl)cc1. The fourth-order valence-electron chi connectivity index (χ4n) is 4.79. The van der Waals surface area contributed by atoms with Crippen molar-refractivity contribution in [3.8, 4) is 0 Å². The minimum absolute atomic E-state index is 0.0614. The van der Waals surface area contributed by atoms with E-state index in [1.54, 1.807) is 24.3 Å². The number of nitrogens with one attached hydrogen (secondary N) is 1. The molecule has 0 spiro atoms. The van der Waals surface area contributed by atoms with E-state index in [1.807, 2.05) is 28.0 Å². The summed E-state index contributed by atoms with van der Waals surface area (Å²) in [6.07, 6.45) is 6.28. The summed E-state index contributed by atoms with van der Waals surface area (Å²) < 4.78 is 0. The van der Waals surface area contributed by atoms with Crippen LogP contribution in [0.25, 0.3) is 0 Å². The maximum absolute atomic E-state index is 12.9. The number of halogens is 1. The van der Waals surface area contributed by atoms with Gasteiger partial charge in [0.2, 0.25) is 0 Å². The zero-order chi connectivity index (χ0) is 22.3. The Morgan fingerprint density at radius 1 is 0.875 bits per heavy atom. The monoisotopic (exact) mass is 453 g/mol. The van der Waals surface area contributed by atoms with Crippen LogP contribution in [0.2, 0.25) is 5.02 Å². The minimum atomic E-state index is -0.0896. The van der Waals surface area contributed by atoms with E-state index in [9.17, 15) is 9.59 Å². The van der Waals surface area contributed by atoms with Crippen LogP contribution in [0.5, 0.6) is 0 Å². The number of hydrogen-bond donors (Lipinski definition) is 1. The standard InChI is InChI=1S/C26H32ClN3O2/c27-23-11-9-22(10-12-23)25(31)28-24(21-7-3-1-4-8-21)19-20-13-17-30(18-14-20)26(32)29-15-5-2-6-16-29/h1,3-4,7-12,20,24H,2,5-6,13-19H2,(H,28,31). The topological polar surface area (TPSA) is 52.7 Å². The van der Waals surface area contributed by atoms with Crippen molar-refractivity contribution in [1.29, 1.82) is 0 Å². The van der Waals surface area contributed by atoms with Gasteiger partial charge < -0.3 is 15.1 Å². The van der Waals surface area contributed by atoms with Crippen LogP contribution in [-0.4, -0.2) is 47.9 Å². The van der Waals surface area contributed by atoms with Crippen molar-refractivity contribution in [1.82, 2.24) is 15.1 Å². The molecule has 6 heteroatoms. The zero-order valence-electron chi connectivity index (χ0n) is 18.5. The number of amides is 3.